The minimum absolute atomic E-state index is 0.416. The maximum atomic E-state index is 10.7. The van der Waals surface area contributed by atoms with Crippen LogP contribution in [-0.4, -0.2) is 30.5 Å². The van der Waals surface area contributed by atoms with E-state index in [1.807, 2.05) is 30.3 Å². The van der Waals surface area contributed by atoms with E-state index in [4.69, 9.17) is 27.8 Å². The van der Waals surface area contributed by atoms with Crippen LogP contribution in [-0.2, 0) is 17.7 Å². The molecule has 0 aliphatic heterocycles. The average molecular weight is 435 g/mol. The fourth-order valence-electron chi connectivity index (χ4n) is 3.27. The van der Waals surface area contributed by atoms with Crippen LogP contribution in [0.5, 0.6) is 0 Å². The van der Waals surface area contributed by atoms with Crippen molar-refractivity contribution in [2.75, 3.05) is 6.54 Å². The molecule has 0 bridgehead atoms. The van der Waals surface area contributed by atoms with Crippen LogP contribution in [0.3, 0.4) is 0 Å². The lowest BCUT2D eigenvalue weighted by molar-refractivity contribution is 0.547. The molecule has 4 rings (SSSR count). The van der Waals surface area contributed by atoms with Gasteiger partial charge in [-0.3, -0.25) is 9.65 Å². The largest absolute Gasteiger partial charge is 0.294 e. The summed E-state index contributed by atoms with van der Waals surface area (Å²) in [6.07, 6.45) is 4.90. The second kappa shape index (κ2) is 8.14. The van der Waals surface area contributed by atoms with Crippen molar-refractivity contribution in [3.63, 3.8) is 0 Å². The molecule has 28 heavy (non-hydrogen) atoms. The van der Waals surface area contributed by atoms with Crippen molar-refractivity contribution in [3.05, 3.63) is 58.3 Å². The molecule has 6 nitrogen and oxygen atoms in total. The highest BCUT2D eigenvalue weighted by Crippen LogP contribution is 2.39. The minimum atomic E-state index is -2.00. The number of nitrogens with zero attached hydrogens (tertiary/aromatic N) is 2. The third-order valence-corrected chi connectivity index (χ3v) is 5.80. The molecule has 1 atom stereocenters. The zero-order valence-electron chi connectivity index (χ0n) is 14.6. The summed E-state index contributed by atoms with van der Waals surface area (Å²) < 4.78 is 21.9. The highest BCUT2D eigenvalue weighted by atomic mass is 35.5. The lowest BCUT2D eigenvalue weighted by Crippen LogP contribution is -2.17. The SMILES string of the molecule is O=S(O)NCCCc1ccc(Cl)c(-c2ccc3c(cnc4[nH]ncc43)c2)c1Cl. The molecule has 0 amide bonds. The van der Waals surface area contributed by atoms with E-state index in [-0.39, 0.29) is 0 Å². The lowest BCUT2D eigenvalue weighted by Gasteiger charge is -2.13. The average Bonchev–Trinajstić information content (AvgIpc) is 3.15. The zero-order valence-corrected chi connectivity index (χ0v) is 16.9. The van der Waals surface area contributed by atoms with Gasteiger partial charge in [0, 0.05) is 34.1 Å². The monoisotopic (exact) mass is 434 g/mol. The van der Waals surface area contributed by atoms with Crippen LogP contribution >= 0.6 is 23.2 Å². The molecule has 2 aromatic heterocycles. The second-order valence-corrected chi connectivity index (χ2v) is 7.91. The normalized spacial score (nSPS) is 12.7. The van der Waals surface area contributed by atoms with E-state index in [9.17, 15) is 4.21 Å². The quantitative estimate of drug-likeness (QED) is 0.301. The first-order chi connectivity index (χ1) is 13.5. The van der Waals surface area contributed by atoms with Crippen molar-refractivity contribution in [3.8, 4) is 11.1 Å². The number of pyridine rings is 1. The highest BCUT2D eigenvalue weighted by Gasteiger charge is 2.14. The summed E-state index contributed by atoms with van der Waals surface area (Å²) in [5.74, 6) is 0. The Morgan fingerprint density at radius 3 is 2.82 bits per heavy atom. The molecule has 0 fully saturated rings. The fourth-order valence-corrected chi connectivity index (χ4v) is 4.27. The van der Waals surface area contributed by atoms with Crippen LogP contribution in [0.1, 0.15) is 12.0 Å². The standard InChI is InChI=1S/C19H16Cl2N4O2S/c20-16-6-4-11(2-1-7-24-28(26)27)18(21)17(16)12-3-5-14-13(8-12)9-22-19-15(14)10-23-25-19/h3-6,8-10,24H,1-2,7H2,(H,26,27)(H,22,23,25). The van der Waals surface area contributed by atoms with Crippen LogP contribution in [0, 0.1) is 0 Å². The van der Waals surface area contributed by atoms with Crippen LogP contribution in [0.2, 0.25) is 10.0 Å². The Hall–Kier alpha value is -2.03. The molecule has 4 aromatic rings. The Morgan fingerprint density at radius 1 is 1.14 bits per heavy atom. The number of fused-ring (bicyclic) bond motifs is 3. The fraction of sp³-hybridized carbons (Fsp3) is 0.158. The van der Waals surface area contributed by atoms with Gasteiger partial charge < -0.3 is 0 Å². The predicted octanol–water partition coefficient (Wildman–Crippen LogP) is 4.74. The first-order valence-electron chi connectivity index (χ1n) is 8.58. The summed E-state index contributed by atoms with van der Waals surface area (Å²) in [4.78, 5) is 4.39. The van der Waals surface area contributed by atoms with Crippen molar-refractivity contribution in [2.45, 2.75) is 12.8 Å². The summed E-state index contributed by atoms with van der Waals surface area (Å²) >= 11 is 11.1. The number of benzene rings is 2. The van der Waals surface area contributed by atoms with E-state index in [0.717, 1.165) is 38.5 Å². The smallest absolute Gasteiger partial charge is 0.231 e. The predicted molar refractivity (Wildman–Crippen MR) is 114 cm³/mol. The Labute approximate surface area is 173 Å². The van der Waals surface area contributed by atoms with Crippen molar-refractivity contribution < 1.29 is 8.76 Å². The van der Waals surface area contributed by atoms with Gasteiger partial charge in [-0.15, -0.1) is 0 Å². The van der Waals surface area contributed by atoms with Gasteiger partial charge in [-0.25, -0.2) is 13.9 Å². The van der Waals surface area contributed by atoms with Gasteiger partial charge in [0.1, 0.15) is 0 Å². The molecule has 0 aliphatic rings. The van der Waals surface area contributed by atoms with Crippen LogP contribution in [0.25, 0.3) is 32.9 Å². The van der Waals surface area contributed by atoms with Gasteiger partial charge >= 0.3 is 0 Å². The Kier molecular flexibility index (Phi) is 5.61. The molecule has 0 radical (unpaired) electrons. The van der Waals surface area contributed by atoms with Gasteiger partial charge in [0.15, 0.2) is 5.65 Å². The molecule has 9 heteroatoms. The highest BCUT2D eigenvalue weighted by molar-refractivity contribution is 7.77. The van der Waals surface area contributed by atoms with Gasteiger partial charge in [-0.1, -0.05) is 41.4 Å². The molecule has 3 N–H and O–H groups in total. The number of aryl methyl sites for hydroxylation is 1. The molecule has 0 aliphatic carbocycles. The molecule has 0 saturated heterocycles. The van der Waals surface area contributed by atoms with Crippen molar-refractivity contribution in [1.82, 2.24) is 19.9 Å². The van der Waals surface area contributed by atoms with E-state index >= 15 is 0 Å². The summed E-state index contributed by atoms with van der Waals surface area (Å²) in [6.45, 7) is 0.416. The Balaban J connectivity index is 1.70. The maximum Gasteiger partial charge on any atom is 0.231 e. The van der Waals surface area contributed by atoms with Crippen LogP contribution < -0.4 is 4.72 Å². The van der Waals surface area contributed by atoms with Gasteiger partial charge in [0.05, 0.1) is 11.2 Å². The number of H-pyrrole nitrogens is 1. The van der Waals surface area contributed by atoms with E-state index in [0.29, 0.717) is 29.4 Å². The molecule has 0 saturated carbocycles. The summed E-state index contributed by atoms with van der Waals surface area (Å²) in [5.41, 5.74) is 3.36. The topological polar surface area (TPSA) is 90.9 Å². The molecule has 2 heterocycles. The number of aromatic nitrogens is 3. The number of nitrogens with one attached hydrogen (secondary N) is 2. The number of halogens is 2. The van der Waals surface area contributed by atoms with E-state index in [1.54, 1.807) is 12.4 Å². The summed E-state index contributed by atoms with van der Waals surface area (Å²) in [7, 11) is 0. The third kappa shape index (κ3) is 3.76. The first-order valence-corrected chi connectivity index (χ1v) is 10.4. The molecular formula is C19H16Cl2N4O2S. The molecule has 0 spiro atoms. The number of hydrogen-bond donors (Lipinski definition) is 3. The van der Waals surface area contributed by atoms with Gasteiger partial charge in [-0.2, -0.15) is 5.10 Å². The number of rotatable bonds is 6. The first kappa shape index (κ1) is 19.3. The maximum absolute atomic E-state index is 10.7. The van der Waals surface area contributed by atoms with Gasteiger partial charge in [-0.05, 0) is 41.5 Å². The lowest BCUT2D eigenvalue weighted by atomic mass is 9.98. The zero-order chi connectivity index (χ0) is 19.7. The summed E-state index contributed by atoms with van der Waals surface area (Å²) in [6, 6.07) is 9.74. The second-order valence-electron chi connectivity index (χ2n) is 6.34. The molecule has 2 aromatic carbocycles. The molecule has 1 unspecified atom stereocenters. The van der Waals surface area contributed by atoms with Crippen molar-refractivity contribution in [2.24, 2.45) is 0 Å². The summed E-state index contributed by atoms with van der Waals surface area (Å²) in [5, 5.41) is 11.1. The number of aromatic amines is 1. The molecular weight excluding hydrogens is 419 g/mol. The van der Waals surface area contributed by atoms with Crippen molar-refractivity contribution in [1.29, 1.82) is 0 Å². The van der Waals surface area contributed by atoms with E-state index in [2.05, 4.69) is 19.9 Å². The van der Waals surface area contributed by atoms with E-state index < -0.39 is 11.3 Å². The van der Waals surface area contributed by atoms with Gasteiger partial charge in [0.2, 0.25) is 11.3 Å². The van der Waals surface area contributed by atoms with Gasteiger partial charge in [0.25, 0.3) is 0 Å². The third-order valence-electron chi connectivity index (χ3n) is 4.60. The number of hydrogen-bond acceptors (Lipinski definition) is 3. The Bertz CT molecular complexity index is 1200. The van der Waals surface area contributed by atoms with Crippen LogP contribution in [0.15, 0.2) is 42.7 Å². The van der Waals surface area contributed by atoms with E-state index in [1.165, 1.54) is 0 Å². The Morgan fingerprint density at radius 2 is 2.00 bits per heavy atom. The minimum Gasteiger partial charge on any atom is -0.294 e. The van der Waals surface area contributed by atoms with Crippen molar-refractivity contribution >= 4 is 56.3 Å². The molecule has 144 valence electrons. The van der Waals surface area contributed by atoms with Crippen LogP contribution in [0.4, 0.5) is 0 Å².